The normalized spacial score (nSPS) is 19.5. The van der Waals surface area contributed by atoms with E-state index >= 15 is 0 Å². The van der Waals surface area contributed by atoms with Crippen LogP contribution in [0, 0.1) is 5.92 Å². The van der Waals surface area contributed by atoms with E-state index in [9.17, 15) is 0 Å². The summed E-state index contributed by atoms with van der Waals surface area (Å²) in [6.07, 6.45) is 9.16. The van der Waals surface area contributed by atoms with Crippen LogP contribution in [-0.2, 0) is 0 Å². The molecule has 2 fully saturated rings. The summed E-state index contributed by atoms with van der Waals surface area (Å²) in [5, 5.41) is 5.97. The molecule has 4 aliphatic rings. The van der Waals surface area contributed by atoms with E-state index in [0.717, 1.165) is 69.8 Å². The van der Waals surface area contributed by atoms with Gasteiger partial charge in [0.05, 0.1) is 33.5 Å². The lowest BCUT2D eigenvalue weighted by atomic mass is 9.81. The second-order valence-electron chi connectivity index (χ2n) is 11.9. The highest BCUT2D eigenvalue weighted by Gasteiger charge is 2.32. The van der Waals surface area contributed by atoms with Gasteiger partial charge in [-0.3, -0.25) is 4.99 Å². The minimum absolute atomic E-state index is 0.713. The Labute approximate surface area is 263 Å². The fourth-order valence-electron chi connectivity index (χ4n) is 7.10. The van der Waals surface area contributed by atoms with Gasteiger partial charge in [0.2, 0.25) is 0 Å². The van der Waals surface area contributed by atoms with Crippen LogP contribution in [0.3, 0.4) is 0 Å². The van der Waals surface area contributed by atoms with E-state index in [2.05, 4.69) is 57.2 Å². The van der Waals surface area contributed by atoms with Crippen LogP contribution in [0.15, 0.2) is 89.9 Å². The molecule has 2 atom stereocenters. The van der Waals surface area contributed by atoms with E-state index < -0.39 is 0 Å². The number of nitrogens with zero attached hydrogens (tertiary/aromatic N) is 4. The van der Waals surface area contributed by atoms with Crippen LogP contribution in [-0.4, -0.2) is 40.1 Å². The summed E-state index contributed by atoms with van der Waals surface area (Å²) in [6, 6.07) is 29.2. The van der Waals surface area contributed by atoms with Gasteiger partial charge in [-0.25, -0.2) is 4.98 Å². The van der Waals surface area contributed by atoms with Crippen LogP contribution >= 0.6 is 23.2 Å². The largest absolute Gasteiger partial charge is 0.354 e. The Bertz CT molecular complexity index is 1740. The van der Waals surface area contributed by atoms with Crippen LogP contribution in [0.2, 0.25) is 10.0 Å². The van der Waals surface area contributed by atoms with Crippen molar-refractivity contribution in [1.29, 1.82) is 0 Å². The number of nitrogens with one attached hydrogen (secondary N) is 1. The smallest absolute Gasteiger partial charge is 0.0900 e. The molecule has 3 aromatic carbocycles. The molecule has 0 radical (unpaired) electrons. The van der Waals surface area contributed by atoms with E-state index in [4.69, 9.17) is 33.2 Å². The molecule has 7 heteroatoms. The Morgan fingerprint density at radius 2 is 1.60 bits per heavy atom. The Kier molecular flexibility index (Phi) is 8.38. The van der Waals surface area contributed by atoms with Crippen molar-refractivity contribution in [1.82, 2.24) is 14.5 Å². The zero-order valence-corrected chi connectivity index (χ0v) is 25.9. The average molecular weight is 611 g/mol. The lowest BCUT2D eigenvalue weighted by Gasteiger charge is -2.44. The fourth-order valence-corrected chi connectivity index (χ4v) is 7.35. The van der Waals surface area contributed by atoms with Gasteiger partial charge in [0, 0.05) is 34.0 Å². The average Bonchev–Trinajstić information content (AvgIpc) is 3.04. The van der Waals surface area contributed by atoms with Crippen molar-refractivity contribution < 1.29 is 0 Å². The summed E-state index contributed by atoms with van der Waals surface area (Å²) in [4.78, 5) is 13.1. The molecule has 0 unspecified atom stereocenters. The summed E-state index contributed by atoms with van der Waals surface area (Å²) in [6.45, 7) is 3.38. The van der Waals surface area contributed by atoms with Crippen LogP contribution in [0.4, 0.5) is 11.4 Å². The van der Waals surface area contributed by atoms with Gasteiger partial charge in [0.25, 0.3) is 0 Å². The Hall–Kier alpha value is -3.38. The maximum atomic E-state index is 6.28. The van der Waals surface area contributed by atoms with E-state index in [1.54, 1.807) is 0 Å². The molecule has 0 saturated carbocycles. The molecule has 0 aromatic heterocycles. The van der Waals surface area contributed by atoms with Gasteiger partial charge in [-0.2, -0.15) is 0 Å². The van der Waals surface area contributed by atoms with Gasteiger partial charge in [0.1, 0.15) is 0 Å². The maximum Gasteiger partial charge on any atom is 0.0900 e. The Morgan fingerprint density at radius 3 is 2.44 bits per heavy atom. The predicted molar refractivity (Wildman–Crippen MR) is 179 cm³/mol. The quantitative estimate of drug-likeness (QED) is 0.148. The van der Waals surface area contributed by atoms with E-state index in [-0.39, 0.29) is 0 Å². The topological polar surface area (TPSA) is 45.5 Å². The molecule has 1 aliphatic carbocycles. The number of benzene rings is 4. The maximum absolute atomic E-state index is 6.28. The highest BCUT2D eigenvalue weighted by atomic mass is 35.5. The fraction of sp³-hybridized carbons (Fsp3) is 0.333. The molecule has 3 aromatic rings. The standard InChI is InChI=1S/C36H37Cl2N5/c37-26-12-16-28(17-13-26)40-32-23-33-36(43(29-18-14-27(38)15-19-29)35-11-2-1-9-30(35)41-33)24-31(32)39-20-5-7-25-8-6-22-42-21-4-3-10-34(25)42/h1-2,9,11-19,23-25,34,40H,3-8,10,20-22H2/t25-,34+/m0/s1. The first-order valence-electron chi connectivity index (χ1n) is 15.6. The second-order valence-corrected chi connectivity index (χ2v) is 12.8. The molecule has 5 nitrogen and oxygen atoms in total. The molecule has 1 N–H and O–H groups in total. The first-order chi connectivity index (χ1) is 21.1. The molecule has 0 spiro atoms. The number of halogens is 2. The van der Waals surface area contributed by atoms with Crippen molar-refractivity contribution >= 4 is 45.6 Å². The summed E-state index contributed by atoms with van der Waals surface area (Å²) in [7, 11) is 0. The van der Waals surface area contributed by atoms with Crippen molar-refractivity contribution in [3.8, 4) is 17.1 Å². The molecule has 3 aliphatic heterocycles. The number of aromatic nitrogens is 2. The Balaban J connectivity index is 1.28. The van der Waals surface area contributed by atoms with Crippen molar-refractivity contribution in [2.45, 2.75) is 51.0 Å². The third-order valence-electron chi connectivity index (χ3n) is 9.15. The van der Waals surface area contributed by atoms with Crippen molar-refractivity contribution in [3.05, 3.63) is 100 Å². The van der Waals surface area contributed by atoms with Gasteiger partial charge in [-0.05, 0) is 130 Å². The lowest BCUT2D eigenvalue weighted by molar-refractivity contribution is 0.0552. The molecule has 0 amide bonds. The summed E-state index contributed by atoms with van der Waals surface area (Å²) in [5.74, 6) is 0.801. The van der Waals surface area contributed by atoms with E-state index in [0.29, 0.717) is 10.0 Å². The molecule has 2 saturated heterocycles. The predicted octanol–water partition coefficient (Wildman–Crippen LogP) is 9.13. The van der Waals surface area contributed by atoms with Crippen molar-refractivity contribution in [2.75, 3.05) is 25.0 Å². The molecule has 220 valence electrons. The zero-order valence-electron chi connectivity index (χ0n) is 24.4. The van der Waals surface area contributed by atoms with Crippen molar-refractivity contribution in [2.24, 2.45) is 10.9 Å². The third kappa shape index (κ3) is 6.17. The van der Waals surface area contributed by atoms with Crippen LogP contribution in [0.5, 0.6) is 0 Å². The number of fused-ring (bicyclic) bond motifs is 3. The summed E-state index contributed by atoms with van der Waals surface area (Å²) in [5.41, 5.74) is 6.80. The number of hydrogen-bond donors (Lipinski definition) is 1. The molecule has 7 rings (SSSR count). The molecule has 43 heavy (non-hydrogen) atoms. The molecular formula is C36H37Cl2N5. The first kappa shape index (κ1) is 28.4. The highest BCUT2D eigenvalue weighted by Crippen LogP contribution is 2.34. The van der Waals surface area contributed by atoms with Gasteiger partial charge >= 0.3 is 0 Å². The van der Waals surface area contributed by atoms with Crippen LogP contribution in [0.25, 0.3) is 28.1 Å². The molecular weight excluding hydrogens is 573 g/mol. The summed E-state index contributed by atoms with van der Waals surface area (Å²) < 4.78 is 2.26. The lowest BCUT2D eigenvalue weighted by Crippen LogP contribution is -2.47. The molecule has 0 bridgehead atoms. The number of anilines is 2. The van der Waals surface area contributed by atoms with Gasteiger partial charge in [-0.1, -0.05) is 41.8 Å². The minimum Gasteiger partial charge on any atom is -0.354 e. The monoisotopic (exact) mass is 609 g/mol. The summed E-state index contributed by atoms with van der Waals surface area (Å²) >= 11 is 12.5. The SMILES string of the molecule is Clc1ccc(Nc2cc3nc4ccccc4n(-c4ccc(Cl)cc4)c-3cc2=NCCC[C@H]2CCCN3CCCC[C@H]23)cc1. The van der Waals surface area contributed by atoms with Crippen molar-refractivity contribution in [3.63, 3.8) is 0 Å². The first-order valence-corrected chi connectivity index (χ1v) is 16.4. The van der Waals surface area contributed by atoms with Gasteiger partial charge in [-0.15, -0.1) is 0 Å². The van der Waals surface area contributed by atoms with E-state index in [1.807, 2.05) is 42.5 Å². The van der Waals surface area contributed by atoms with Gasteiger partial charge < -0.3 is 14.8 Å². The van der Waals surface area contributed by atoms with E-state index in [1.165, 1.54) is 51.6 Å². The number of hydrogen-bond acceptors (Lipinski definition) is 4. The Morgan fingerprint density at radius 1 is 0.837 bits per heavy atom. The molecule has 3 heterocycles. The van der Waals surface area contributed by atoms with Crippen LogP contribution < -0.4 is 10.7 Å². The number of rotatable bonds is 7. The number of piperidine rings is 2. The highest BCUT2D eigenvalue weighted by molar-refractivity contribution is 6.30. The minimum atomic E-state index is 0.713. The second kappa shape index (κ2) is 12.7. The van der Waals surface area contributed by atoms with Crippen LogP contribution in [0.1, 0.15) is 44.9 Å². The third-order valence-corrected chi connectivity index (χ3v) is 9.65. The zero-order chi connectivity index (χ0) is 29.2. The number of para-hydroxylation sites is 2. The van der Waals surface area contributed by atoms with Gasteiger partial charge in [0.15, 0.2) is 0 Å².